The summed E-state index contributed by atoms with van der Waals surface area (Å²) >= 11 is 5.66. The van der Waals surface area contributed by atoms with E-state index >= 15 is 0 Å². The molecule has 0 radical (unpaired) electrons. The Morgan fingerprint density at radius 3 is 2.39 bits per heavy atom. The number of benzene rings is 3. The maximum Gasteiger partial charge on any atom is 0.417 e. The van der Waals surface area contributed by atoms with Crippen LogP contribution < -0.4 is 10.1 Å². The number of alkyl halides is 3. The van der Waals surface area contributed by atoms with Gasteiger partial charge in [-0.25, -0.2) is 0 Å². The van der Waals surface area contributed by atoms with Crippen LogP contribution >= 0.6 is 11.6 Å². The Kier molecular flexibility index (Phi) is 6.32. The van der Waals surface area contributed by atoms with Gasteiger partial charge in [0.05, 0.1) is 10.6 Å². The third-order valence-electron chi connectivity index (χ3n) is 4.59. The van der Waals surface area contributed by atoms with Crippen LogP contribution in [0.3, 0.4) is 0 Å². The van der Waals surface area contributed by atoms with Crippen LogP contribution in [0.4, 0.5) is 18.9 Å². The van der Waals surface area contributed by atoms with Crippen LogP contribution in [0.5, 0.6) is 5.75 Å². The van der Waals surface area contributed by atoms with Crippen molar-refractivity contribution in [2.24, 2.45) is 0 Å². The van der Waals surface area contributed by atoms with Crippen molar-refractivity contribution >= 4 is 23.2 Å². The fraction of sp³-hybridized carbons (Fsp3) is 0.0870. The second-order valence-corrected chi connectivity index (χ2v) is 7.27. The second-order valence-electron chi connectivity index (χ2n) is 6.86. The molecule has 168 valence electrons. The number of carbonyl (C=O) groups excluding carboxylic acids is 1. The molecule has 3 aromatic carbocycles. The topological polar surface area (TPSA) is 77.2 Å². The molecule has 0 aliphatic heterocycles. The van der Waals surface area contributed by atoms with Gasteiger partial charge in [0, 0.05) is 16.8 Å². The minimum Gasteiger partial charge on any atom is -0.476 e. The van der Waals surface area contributed by atoms with Crippen molar-refractivity contribution in [1.29, 1.82) is 0 Å². The molecular weight excluding hydrogens is 459 g/mol. The van der Waals surface area contributed by atoms with E-state index in [0.717, 1.165) is 12.1 Å². The molecule has 1 heterocycles. The van der Waals surface area contributed by atoms with Gasteiger partial charge in [-0.05, 0) is 42.5 Å². The molecular formula is C23H15ClF3N3O3. The molecule has 1 atom stereocenters. The lowest BCUT2D eigenvalue weighted by Crippen LogP contribution is -2.26. The van der Waals surface area contributed by atoms with Crippen LogP contribution in [0, 0.1) is 0 Å². The minimum absolute atomic E-state index is 0.0620. The molecule has 4 aromatic rings. The van der Waals surface area contributed by atoms with E-state index in [2.05, 4.69) is 15.5 Å². The third kappa shape index (κ3) is 5.32. The first-order valence-corrected chi connectivity index (χ1v) is 9.95. The number of amides is 1. The Labute approximate surface area is 191 Å². The number of aromatic nitrogens is 2. The molecule has 0 saturated heterocycles. The normalized spacial score (nSPS) is 12.2. The van der Waals surface area contributed by atoms with Crippen LogP contribution in [-0.4, -0.2) is 16.1 Å². The highest BCUT2D eigenvalue weighted by Crippen LogP contribution is 2.36. The third-order valence-corrected chi connectivity index (χ3v) is 4.92. The molecule has 0 saturated carbocycles. The number of nitrogens with zero attached hydrogens (tertiary/aromatic N) is 2. The van der Waals surface area contributed by atoms with Gasteiger partial charge >= 0.3 is 6.18 Å². The smallest absolute Gasteiger partial charge is 0.417 e. The molecule has 10 heteroatoms. The molecule has 0 fully saturated rings. The molecule has 0 aliphatic carbocycles. The van der Waals surface area contributed by atoms with E-state index in [-0.39, 0.29) is 5.69 Å². The van der Waals surface area contributed by atoms with Crippen molar-refractivity contribution in [3.05, 3.63) is 95.3 Å². The van der Waals surface area contributed by atoms with E-state index in [9.17, 15) is 18.0 Å². The predicted octanol–water partition coefficient (Wildman–Crippen LogP) is 6.17. The maximum absolute atomic E-state index is 13.2. The largest absolute Gasteiger partial charge is 0.476 e. The van der Waals surface area contributed by atoms with Crippen molar-refractivity contribution in [3.63, 3.8) is 0 Å². The first kappa shape index (κ1) is 22.3. The van der Waals surface area contributed by atoms with Gasteiger partial charge < -0.3 is 14.5 Å². The molecule has 4 rings (SSSR count). The van der Waals surface area contributed by atoms with Crippen molar-refractivity contribution in [1.82, 2.24) is 10.2 Å². The Morgan fingerprint density at radius 2 is 1.76 bits per heavy atom. The molecule has 1 amide bonds. The number of carbonyl (C=O) groups is 1. The van der Waals surface area contributed by atoms with Crippen molar-refractivity contribution < 1.29 is 27.1 Å². The average Bonchev–Trinajstić information content (AvgIpc) is 3.34. The molecule has 33 heavy (non-hydrogen) atoms. The standard InChI is InChI=1S/C23H15ClF3N3O3/c24-19-11-8-16(12-18(19)23(25,26)27)29-21(31)20(14-4-2-1-3-5-14)33-17-9-6-15(7-10-17)22-30-28-13-32-22/h1-13,20H,(H,29,31)/t20-/m0/s1. The Hall–Kier alpha value is -3.85. The summed E-state index contributed by atoms with van der Waals surface area (Å²) in [5.74, 6) is 0.0223. The van der Waals surface area contributed by atoms with Crippen LogP contribution in [0.2, 0.25) is 5.02 Å². The zero-order valence-electron chi connectivity index (χ0n) is 16.7. The summed E-state index contributed by atoms with van der Waals surface area (Å²) in [4.78, 5) is 13.0. The van der Waals surface area contributed by atoms with E-state index < -0.39 is 28.8 Å². The molecule has 0 spiro atoms. The van der Waals surface area contributed by atoms with Crippen LogP contribution in [0.1, 0.15) is 17.2 Å². The van der Waals surface area contributed by atoms with Crippen LogP contribution in [0.15, 0.2) is 83.6 Å². The summed E-state index contributed by atoms with van der Waals surface area (Å²) in [6.07, 6.45) is -4.59. The summed E-state index contributed by atoms with van der Waals surface area (Å²) in [5, 5.41) is 9.46. The fourth-order valence-corrected chi connectivity index (χ4v) is 3.26. The Bertz CT molecular complexity index is 1230. The van der Waals surface area contributed by atoms with E-state index in [4.69, 9.17) is 20.8 Å². The first-order chi connectivity index (χ1) is 15.8. The molecule has 1 aromatic heterocycles. The molecule has 6 nitrogen and oxygen atoms in total. The average molecular weight is 474 g/mol. The number of rotatable bonds is 6. The van der Waals surface area contributed by atoms with Gasteiger partial charge in [-0.2, -0.15) is 13.2 Å². The van der Waals surface area contributed by atoms with Gasteiger partial charge in [-0.1, -0.05) is 41.9 Å². The highest BCUT2D eigenvalue weighted by Gasteiger charge is 2.34. The second kappa shape index (κ2) is 9.33. The van der Waals surface area contributed by atoms with E-state index in [0.29, 0.717) is 22.8 Å². The van der Waals surface area contributed by atoms with Gasteiger partial charge in [0.25, 0.3) is 5.91 Å². The van der Waals surface area contributed by atoms with Crippen LogP contribution in [0.25, 0.3) is 11.5 Å². The summed E-state index contributed by atoms with van der Waals surface area (Å²) in [7, 11) is 0. The van der Waals surface area contributed by atoms with E-state index in [1.807, 2.05) is 0 Å². The number of ether oxygens (including phenoxy) is 1. The lowest BCUT2D eigenvalue weighted by molar-refractivity contribution is -0.137. The lowest BCUT2D eigenvalue weighted by atomic mass is 10.1. The SMILES string of the molecule is O=C(Nc1ccc(Cl)c(C(F)(F)F)c1)[C@@H](Oc1ccc(-c2nnco2)cc1)c1ccccc1. The minimum atomic E-state index is -4.66. The maximum atomic E-state index is 13.2. The quantitative estimate of drug-likeness (QED) is 0.362. The summed E-state index contributed by atoms with van der Waals surface area (Å²) in [6.45, 7) is 0. The fourth-order valence-electron chi connectivity index (χ4n) is 3.04. The highest BCUT2D eigenvalue weighted by atomic mass is 35.5. The van der Waals surface area contributed by atoms with Gasteiger partial charge in [0.2, 0.25) is 18.4 Å². The summed E-state index contributed by atoms with van der Waals surface area (Å²) in [5.41, 5.74) is 0.0613. The van der Waals surface area contributed by atoms with Crippen molar-refractivity contribution in [3.8, 4) is 17.2 Å². The van der Waals surface area contributed by atoms with E-state index in [1.165, 1.54) is 12.5 Å². The van der Waals surface area contributed by atoms with Crippen molar-refractivity contribution in [2.75, 3.05) is 5.32 Å². The van der Waals surface area contributed by atoms with Crippen LogP contribution in [-0.2, 0) is 11.0 Å². The lowest BCUT2D eigenvalue weighted by Gasteiger charge is -2.20. The summed E-state index contributed by atoms with van der Waals surface area (Å²) in [6, 6.07) is 18.3. The van der Waals surface area contributed by atoms with Gasteiger partial charge in [0.1, 0.15) is 5.75 Å². The number of anilines is 1. The number of hydrogen-bond acceptors (Lipinski definition) is 5. The monoisotopic (exact) mass is 473 g/mol. The first-order valence-electron chi connectivity index (χ1n) is 9.57. The predicted molar refractivity (Wildman–Crippen MR) is 115 cm³/mol. The molecule has 0 unspecified atom stereocenters. The van der Waals surface area contributed by atoms with Crippen molar-refractivity contribution in [2.45, 2.75) is 12.3 Å². The number of halogens is 4. The highest BCUT2D eigenvalue weighted by molar-refractivity contribution is 6.31. The van der Waals surface area contributed by atoms with Gasteiger partial charge in [0.15, 0.2) is 0 Å². The molecule has 0 aliphatic rings. The van der Waals surface area contributed by atoms with Gasteiger partial charge in [-0.15, -0.1) is 10.2 Å². The number of hydrogen-bond donors (Lipinski definition) is 1. The summed E-state index contributed by atoms with van der Waals surface area (Å²) < 4.78 is 50.6. The zero-order valence-corrected chi connectivity index (χ0v) is 17.5. The number of nitrogens with one attached hydrogen (secondary N) is 1. The molecule has 1 N–H and O–H groups in total. The Balaban J connectivity index is 1.58. The van der Waals surface area contributed by atoms with Gasteiger partial charge in [-0.3, -0.25) is 4.79 Å². The molecule has 0 bridgehead atoms. The zero-order chi connectivity index (χ0) is 23.4. The van der Waals surface area contributed by atoms with E-state index in [1.54, 1.807) is 54.6 Å². The Morgan fingerprint density at radius 1 is 1.03 bits per heavy atom.